The molecule has 0 aromatic carbocycles. The summed E-state index contributed by atoms with van der Waals surface area (Å²) in [5.41, 5.74) is 0. The summed E-state index contributed by atoms with van der Waals surface area (Å²) in [5.74, 6) is 0.0621. The van der Waals surface area contributed by atoms with E-state index in [0.29, 0.717) is 13.1 Å². The Morgan fingerprint density at radius 3 is 2.48 bits per heavy atom. The van der Waals surface area contributed by atoms with Gasteiger partial charge < -0.3 is 10.4 Å². The van der Waals surface area contributed by atoms with Crippen LogP contribution in [0.4, 0.5) is 0 Å². The maximum absolute atomic E-state index is 11.3. The number of hydrogen-bond acceptors (Lipinski definition) is 5. The lowest BCUT2D eigenvalue weighted by Gasteiger charge is -2.35. The lowest BCUT2D eigenvalue weighted by Crippen LogP contribution is -2.49. The lowest BCUT2D eigenvalue weighted by atomic mass is 10.2. The minimum Gasteiger partial charge on any atom is -0.386 e. The van der Waals surface area contributed by atoms with Crippen molar-refractivity contribution in [1.82, 2.24) is 15.1 Å². The highest BCUT2D eigenvalue weighted by atomic mass is 35.5. The molecule has 1 atom stereocenters. The lowest BCUT2D eigenvalue weighted by molar-refractivity contribution is -0.122. The van der Waals surface area contributed by atoms with Gasteiger partial charge in [-0.1, -0.05) is 6.07 Å². The normalized spacial score (nSPS) is 17.4. The van der Waals surface area contributed by atoms with E-state index in [4.69, 9.17) is 0 Å². The van der Waals surface area contributed by atoms with Crippen LogP contribution in [0, 0.1) is 0 Å². The molecule has 1 amide bonds. The zero-order valence-corrected chi connectivity index (χ0v) is 14.5. The van der Waals surface area contributed by atoms with E-state index in [9.17, 15) is 9.90 Å². The van der Waals surface area contributed by atoms with E-state index in [1.807, 2.05) is 17.5 Å². The maximum Gasteiger partial charge on any atom is 0.233 e. The molecule has 0 aliphatic carbocycles. The number of thiophene rings is 1. The number of carbonyl (C=O) groups excluding carboxylic acids is 1. The number of carbonyl (C=O) groups is 1. The zero-order chi connectivity index (χ0) is 13.7. The number of hydrogen-bond donors (Lipinski definition) is 2. The van der Waals surface area contributed by atoms with Crippen molar-refractivity contribution in [3.63, 3.8) is 0 Å². The molecule has 0 bridgehead atoms. The second kappa shape index (κ2) is 10.4. The molecule has 2 rings (SSSR count). The fourth-order valence-corrected chi connectivity index (χ4v) is 2.93. The zero-order valence-electron chi connectivity index (χ0n) is 12.0. The van der Waals surface area contributed by atoms with Gasteiger partial charge in [-0.2, -0.15) is 0 Å². The first kappa shape index (κ1) is 20.6. The van der Waals surface area contributed by atoms with Gasteiger partial charge in [-0.3, -0.25) is 14.6 Å². The van der Waals surface area contributed by atoms with E-state index in [-0.39, 0.29) is 30.7 Å². The molecule has 21 heavy (non-hydrogen) atoms. The second-order valence-corrected chi connectivity index (χ2v) is 5.76. The molecule has 1 aromatic heterocycles. The van der Waals surface area contributed by atoms with Gasteiger partial charge in [-0.25, -0.2) is 0 Å². The van der Waals surface area contributed by atoms with Crippen molar-refractivity contribution in [2.75, 3.05) is 46.3 Å². The molecule has 122 valence electrons. The summed E-state index contributed by atoms with van der Waals surface area (Å²) < 4.78 is 0. The van der Waals surface area contributed by atoms with Crippen LogP contribution in [0.3, 0.4) is 0 Å². The Morgan fingerprint density at radius 1 is 1.33 bits per heavy atom. The van der Waals surface area contributed by atoms with Crippen LogP contribution in [0.25, 0.3) is 0 Å². The molecule has 0 saturated carbocycles. The van der Waals surface area contributed by atoms with E-state index in [1.54, 1.807) is 18.4 Å². The molecule has 8 heteroatoms. The van der Waals surface area contributed by atoms with Gasteiger partial charge in [0.15, 0.2) is 0 Å². The van der Waals surface area contributed by atoms with Gasteiger partial charge in [0.25, 0.3) is 0 Å². The van der Waals surface area contributed by atoms with Crippen LogP contribution in [-0.2, 0) is 4.79 Å². The Hall–Kier alpha value is -0.370. The molecule has 1 fully saturated rings. The summed E-state index contributed by atoms with van der Waals surface area (Å²) >= 11 is 1.59. The van der Waals surface area contributed by atoms with Crippen molar-refractivity contribution in [2.45, 2.75) is 6.10 Å². The minimum absolute atomic E-state index is 0. The van der Waals surface area contributed by atoms with Gasteiger partial charge in [0.05, 0.1) is 6.54 Å². The molecule has 1 aliphatic rings. The summed E-state index contributed by atoms with van der Waals surface area (Å²) in [6.07, 6.45) is -0.398. The van der Waals surface area contributed by atoms with E-state index >= 15 is 0 Å². The van der Waals surface area contributed by atoms with Crippen LogP contribution in [0.2, 0.25) is 0 Å². The Balaban J connectivity index is 0.00000200. The van der Waals surface area contributed by atoms with Crippen molar-refractivity contribution in [1.29, 1.82) is 0 Å². The van der Waals surface area contributed by atoms with Gasteiger partial charge in [-0.05, 0) is 11.4 Å². The topological polar surface area (TPSA) is 55.8 Å². The largest absolute Gasteiger partial charge is 0.386 e. The van der Waals surface area contributed by atoms with E-state index < -0.39 is 6.10 Å². The smallest absolute Gasteiger partial charge is 0.233 e. The minimum atomic E-state index is -0.398. The fourth-order valence-electron chi connectivity index (χ4n) is 2.23. The third-order valence-electron chi connectivity index (χ3n) is 3.41. The third kappa shape index (κ3) is 6.50. The molecule has 1 aromatic rings. The fraction of sp³-hybridized carbons (Fsp3) is 0.615. The van der Waals surface area contributed by atoms with E-state index in [0.717, 1.165) is 31.1 Å². The number of aliphatic hydroxyl groups is 1. The molecular weight excluding hydrogens is 333 g/mol. The SMILES string of the molecule is CNC(=O)CN1CCN(CC(O)c2cccs2)CC1.Cl.Cl. The number of likely N-dealkylation sites (N-methyl/N-ethyl adjacent to an activating group) is 1. The first-order valence-electron chi connectivity index (χ1n) is 6.56. The number of nitrogens with one attached hydrogen (secondary N) is 1. The Labute approximate surface area is 142 Å². The van der Waals surface area contributed by atoms with Crippen molar-refractivity contribution in [2.24, 2.45) is 0 Å². The van der Waals surface area contributed by atoms with Gasteiger partial charge in [0.1, 0.15) is 6.10 Å². The van der Waals surface area contributed by atoms with Crippen molar-refractivity contribution < 1.29 is 9.90 Å². The number of piperazine rings is 1. The molecule has 1 saturated heterocycles. The monoisotopic (exact) mass is 355 g/mol. The van der Waals surface area contributed by atoms with Gasteiger partial charge in [-0.15, -0.1) is 36.2 Å². The Bertz CT molecular complexity index is 398. The van der Waals surface area contributed by atoms with Gasteiger partial charge in [0.2, 0.25) is 5.91 Å². The summed E-state index contributed by atoms with van der Waals surface area (Å²) in [6.45, 7) is 4.71. The predicted molar refractivity (Wildman–Crippen MR) is 90.7 cm³/mol. The highest BCUT2D eigenvalue weighted by Gasteiger charge is 2.21. The maximum atomic E-state index is 11.3. The highest BCUT2D eigenvalue weighted by molar-refractivity contribution is 7.10. The van der Waals surface area contributed by atoms with Crippen molar-refractivity contribution in [3.8, 4) is 0 Å². The van der Waals surface area contributed by atoms with Crippen LogP contribution in [0.15, 0.2) is 17.5 Å². The van der Waals surface area contributed by atoms with Crippen LogP contribution < -0.4 is 5.32 Å². The molecular formula is C13H23Cl2N3O2S. The highest BCUT2D eigenvalue weighted by Crippen LogP contribution is 2.20. The Kier molecular flexibility index (Phi) is 10.2. The average molecular weight is 356 g/mol. The molecule has 2 N–H and O–H groups in total. The number of amides is 1. The van der Waals surface area contributed by atoms with Crippen LogP contribution in [0.5, 0.6) is 0 Å². The molecule has 0 radical (unpaired) electrons. The third-order valence-corrected chi connectivity index (χ3v) is 4.39. The summed E-state index contributed by atoms with van der Waals surface area (Å²) in [7, 11) is 1.66. The number of nitrogens with zero attached hydrogens (tertiary/aromatic N) is 2. The summed E-state index contributed by atoms with van der Waals surface area (Å²) in [4.78, 5) is 16.7. The van der Waals surface area contributed by atoms with Crippen LogP contribution >= 0.6 is 36.2 Å². The van der Waals surface area contributed by atoms with Crippen LogP contribution in [-0.4, -0.2) is 67.1 Å². The quantitative estimate of drug-likeness (QED) is 0.826. The number of rotatable bonds is 5. The van der Waals surface area contributed by atoms with Gasteiger partial charge in [0, 0.05) is 44.6 Å². The first-order valence-corrected chi connectivity index (χ1v) is 7.43. The average Bonchev–Trinajstić information content (AvgIpc) is 2.95. The van der Waals surface area contributed by atoms with Crippen molar-refractivity contribution in [3.05, 3.63) is 22.4 Å². The molecule has 1 aliphatic heterocycles. The molecule has 1 unspecified atom stereocenters. The second-order valence-electron chi connectivity index (χ2n) is 4.78. The summed E-state index contributed by atoms with van der Waals surface area (Å²) in [6, 6.07) is 3.93. The number of halogens is 2. The first-order chi connectivity index (χ1) is 9.19. The van der Waals surface area contributed by atoms with Gasteiger partial charge >= 0.3 is 0 Å². The predicted octanol–water partition coefficient (Wildman–Crippen LogP) is 0.989. The van der Waals surface area contributed by atoms with E-state index in [2.05, 4.69) is 15.1 Å². The number of β-amino-alcohol motifs (C(OH)–C–C–N with tert-alkyl or cyclic N) is 1. The molecule has 5 nitrogen and oxygen atoms in total. The Morgan fingerprint density at radius 2 is 1.95 bits per heavy atom. The molecule has 0 spiro atoms. The van der Waals surface area contributed by atoms with E-state index in [1.165, 1.54) is 0 Å². The number of aliphatic hydroxyl groups excluding tert-OH is 1. The van der Waals surface area contributed by atoms with Crippen LogP contribution in [0.1, 0.15) is 11.0 Å². The summed E-state index contributed by atoms with van der Waals surface area (Å²) in [5, 5.41) is 14.7. The standard InChI is InChI=1S/C13H21N3O2S.2ClH/c1-14-13(18)10-16-6-4-15(5-7-16)9-11(17)12-3-2-8-19-12;;/h2-3,8,11,17H,4-7,9-10H2,1H3,(H,14,18);2*1H. The molecule has 2 heterocycles. The van der Waals surface area contributed by atoms with Crippen molar-refractivity contribution >= 4 is 42.1 Å².